The number of fused-ring (bicyclic) bond motifs is 2. The van der Waals surface area contributed by atoms with E-state index in [9.17, 15) is 18.5 Å². The van der Waals surface area contributed by atoms with Gasteiger partial charge in [-0.25, -0.2) is 13.6 Å². The molecule has 12 heteroatoms. The van der Waals surface area contributed by atoms with Crippen molar-refractivity contribution in [2.24, 2.45) is 5.14 Å². The summed E-state index contributed by atoms with van der Waals surface area (Å²) in [5.74, 6) is -0.175. The normalized spacial score (nSPS) is 12.5. The topological polar surface area (TPSA) is 170 Å². The largest absolute Gasteiger partial charge is 0.361 e. The lowest BCUT2D eigenvalue weighted by atomic mass is 9.91. The number of benzene rings is 3. The van der Waals surface area contributed by atoms with E-state index in [0.717, 1.165) is 38.9 Å². The molecule has 1 atom stereocenters. The van der Waals surface area contributed by atoms with Crippen molar-refractivity contribution in [1.29, 1.82) is 0 Å². The standard InChI is InChI=1S/C29H24N6O5S/c30-41(38,39)28-8-7-23(35(36)37)13-25(28)22(12-21-16-32-26-4-2-1-3-24(21)26)17-33-29-14-27(34-40-29)19-5-6-20-15-31-10-9-18(20)11-19/h1-11,13-16,22,32-33H,12,17H2,(H2,30,38,39)/t22-/m1/s1. The molecule has 6 aromatic rings. The Morgan fingerprint density at radius 1 is 1.05 bits per heavy atom. The number of sulfonamides is 1. The van der Waals surface area contributed by atoms with Crippen LogP contribution in [0.25, 0.3) is 32.9 Å². The maximum atomic E-state index is 12.5. The highest BCUT2D eigenvalue weighted by molar-refractivity contribution is 7.89. The van der Waals surface area contributed by atoms with Gasteiger partial charge in [-0.3, -0.25) is 15.1 Å². The van der Waals surface area contributed by atoms with Gasteiger partial charge in [0.2, 0.25) is 15.9 Å². The van der Waals surface area contributed by atoms with Crippen molar-refractivity contribution in [1.82, 2.24) is 15.1 Å². The molecule has 0 aliphatic heterocycles. The van der Waals surface area contributed by atoms with Gasteiger partial charge < -0.3 is 14.8 Å². The minimum atomic E-state index is -4.17. The van der Waals surface area contributed by atoms with Gasteiger partial charge in [0.15, 0.2) is 0 Å². The highest BCUT2D eigenvalue weighted by Gasteiger charge is 2.26. The first-order valence-corrected chi connectivity index (χ1v) is 14.2. The predicted octanol–water partition coefficient (Wildman–Crippen LogP) is 5.37. The predicted molar refractivity (Wildman–Crippen MR) is 155 cm³/mol. The molecule has 41 heavy (non-hydrogen) atoms. The number of aromatic amines is 1. The summed E-state index contributed by atoms with van der Waals surface area (Å²) >= 11 is 0. The second-order valence-electron chi connectivity index (χ2n) is 9.68. The smallest absolute Gasteiger partial charge is 0.269 e. The zero-order valence-electron chi connectivity index (χ0n) is 21.5. The van der Waals surface area contributed by atoms with Crippen molar-refractivity contribution in [2.75, 3.05) is 11.9 Å². The van der Waals surface area contributed by atoms with E-state index in [1.165, 1.54) is 12.1 Å². The van der Waals surface area contributed by atoms with Crippen molar-refractivity contribution in [2.45, 2.75) is 17.2 Å². The highest BCUT2D eigenvalue weighted by Crippen LogP contribution is 2.33. The third kappa shape index (κ3) is 5.38. The lowest BCUT2D eigenvalue weighted by Crippen LogP contribution is -2.21. The van der Waals surface area contributed by atoms with Crippen molar-refractivity contribution in [3.05, 3.63) is 113 Å². The second kappa shape index (κ2) is 10.5. The van der Waals surface area contributed by atoms with Gasteiger partial charge in [-0.2, -0.15) is 0 Å². The average Bonchev–Trinajstić information content (AvgIpc) is 3.61. The van der Waals surface area contributed by atoms with Crippen LogP contribution in [0.4, 0.5) is 11.6 Å². The maximum Gasteiger partial charge on any atom is 0.269 e. The number of hydrogen-bond donors (Lipinski definition) is 3. The number of nitro benzene ring substituents is 1. The van der Waals surface area contributed by atoms with E-state index in [1.54, 1.807) is 18.5 Å². The summed E-state index contributed by atoms with van der Waals surface area (Å²) in [5, 5.41) is 27.5. The Labute approximate surface area is 234 Å². The number of pyridine rings is 1. The van der Waals surface area contributed by atoms with Crippen LogP contribution in [-0.4, -0.2) is 35.0 Å². The summed E-state index contributed by atoms with van der Waals surface area (Å²) in [6.45, 7) is 0.182. The molecule has 3 aromatic heterocycles. The van der Waals surface area contributed by atoms with E-state index in [-0.39, 0.29) is 22.7 Å². The summed E-state index contributed by atoms with van der Waals surface area (Å²) in [5.41, 5.74) is 3.31. The van der Waals surface area contributed by atoms with Gasteiger partial charge in [0.25, 0.3) is 5.69 Å². The number of aromatic nitrogens is 3. The maximum absolute atomic E-state index is 12.5. The number of nitro groups is 1. The molecule has 11 nitrogen and oxygen atoms in total. The number of primary sulfonamides is 1. The van der Waals surface area contributed by atoms with Crippen LogP contribution in [0.3, 0.4) is 0 Å². The van der Waals surface area contributed by atoms with E-state index in [2.05, 4.69) is 20.4 Å². The molecular formula is C29H24N6O5S. The lowest BCUT2D eigenvalue weighted by molar-refractivity contribution is -0.385. The van der Waals surface area contributed by atoms with Crippen LogP contribution in [0.15, 0.2) is 101 Å². The first-order valence-electron chi connectivity index (χ1n) is 12.7. The zero-order valence-corrected chi connectivity index (χ0v) is 22.3. The van der Waals surface area contributed by atoms with Crippen LogP contribution >= 0.6 is 0 Å². The van der Waals surface area contributed by atoms with E-state index in [0.29, 0.717) is 18.0 Å². The monoisotopic (exact) mass is 568 g/mol. The molecule has 0 bridgehead atoms. The van der Waals surface area contributed by atoms with Crippen molar-refractivity contribution < 1.29 is 17.9 Å². The summed E-state index contributed by atoms with van der Waals surface area (Å²) < 4.78 is 30.6. The van der Waals surface area contributed by atoms with Gasteiger partial charge in [0.05, 0.1) is 9.82 Å². The molecule has 0 saturated carbocycles. The number of H-pyrrole nitrogens is 1. The minimum Gasteiger partial charge on any atom is -0.361 e. The SMILES string of the molecule is NS(=O)(=O)c1ccc([N+](=O)[O-])cc1[C@@H](CNc1cc(-c2ccc3cnccc3c2)no1)Cc1c[nH]c2ccccc12. The molecule has 0 amide bonds. The molecular weight excluding hydrogens is 544 g/mol. The summed E-state index contributed by atoms with van der Waals surface area (Å²) in [6, 6.07) is 20.8. The average molecular weight is 569 g/mol. The number of para-hydroxylation sites is 1. The molecule has 3 aromatic carbocycles. The molecule has 0 fully saturated rings. The number of nitrogens with zero attached hydrogens (tertiary/aromatic N) is 3. The van der Waals surface area contributed by atoms with Crippen LogP contribution < -0.4 is 10.5 Å². The number of nitrogens with two attached hydrogens (primary N) is 1. The van der Waals surface area contributed by atoms with Crippen LogP contribution in [0, 0.1) is 10.1 Å². The van der Waals surface area contributed by atoms with Crippen LogP contribution in [-0.2, 0) is 16.4 Å². The van der Waals surface area contributed by atoms with Crippen molar-refractivity contribution in [3.8, 4) is 11.3 Å². The second-order valence-corrected chi connectivity index (χ2v) is 11.2. The molecule has 206 valence electrons. The fraction of sp³-hybridized carbons (Fsp3) is 0.103. The number of nitrogens with one attached hydrogen (secondary N) is 2. The van der Waals surface area contributed by atoms with Crippen molar-refractivity contribution in [3.63, 3.8) is 0 Å². The van der Waals surface area contributed by atoms with Gasteiger partial charge in [-0.15, -0.1) is 0 Å². The van der Waals surface area contributed by atoms with Gasteiger partial charge in [-0.05, 0) is 47.2 Å². The van der Waals surface area contributed by atoms with Gasteiger partial charge in [0, 0.05) is 71.1 Å². The minimum absolute atomic E-state index is 0.168. The Bertz CT molecular complexity index is 2020. The van der Waals surface area contributed by atoms with E-state index in [4.69, 9.17) is 9.66 Å². The Balaban J connectivity index is 1.35. The van der Waals surface area contributed by atoms with E-state index in [1.807, 2.05) is 54.7 Å². The summed E-state index contributed by atoms with van der Waals surface area (Å²) in [7, 11) is -4.17. The highest BCUT2D eigenvalue weighted by atomic mass is 32.2. The van der Waals surface area contributed by atoms with E-state index < -0.39 is 20.9 Å². The van der Waals surface area contributed by atoms with Gasteiger partial charge in [0.1, 0.15) is 5.69 Å². The molecule has 0 saturated heterocycles. The van der Waals surface area contributed by atoms with Crippen LogP contribution in [0.1, 0.15) is 17.0 Å². The molecule has 6 rings (SSSR count). The Kier molecular flexibility index (Phi) is 6.69. The first kappa shape index (κ1) is 26.2. The van der Waals surface area contributed by atoms with Crippen LogP contribution in [0.5, 0.6) is 0 Å². The van der Waals surface area contributed by atoms with Crippen molar-refractivity contribution >= 4 is 43.3 Å². The quantitative estimate of drug-likeness (QED) is 0.154. The molecule has 4 N–H and O–H groups in total. The number of rotatable bonds is 9. The lowest BCUT2D eigenvalue weighted by Gasteiger charge is -2.20. The molecule has 0 aliphatic rings. The third-order valence-corrected chi connectivity index (χ3v) is 8.05. The number of anilines is 1. The van der Waals surface area contributed by atoms with Crippen LogP contribution in [0.2, 0.25) is 0 Å². The first-order chi connectivity index (χ1) is 19.8. The number of hydrogen-bond acceptors (Lipinski definition) is 8. The third-order valence-electron chi connectivity index (χ3n) is 7.06. The summed E-state index contributed by atoms with van der Waals surface area (Å²) in [6.07, 6.45) is 5.72. The van der Waals surface area contributed by atoms with Gasteiger partial charge >= 0.3 is 0 Å². The fourth-order valence-electron chi connectivity index (χ4n) is 5.05. The van der Waals surface area contributed by atoms with E-state index >= 15 is 0 Å². The van der Waals surface area contributed by atoms with Gasteiger partial charge in [-0.1, -0.05) is 35.5 Å². The molecule has 0 aliphatic carbocycles. The molecule has 0 spiro atoms. The molecule has 0 unspecified atom stereocenters. The molecule has 0 radical (unpaired) electrons. The number of non-ortho nitro benzene ring substituents is 1. The fourth-order valence-corrected chi connectivity index (χ4v) is 5.86. The Morgan fingerprint density at radius 2 is 1.90 bits per heavy atom. The Morgan fingerprint density at radius 3 is 2.73 bits per heavy atom. The molecule has 3 heterocycles. The summed E-state index contributed by atoms with van der Waals surface area (Å²) in [4.78, 5) is 18.2. The zero-order chi connectivity index (χ0) is 28.6. The Hall–Kier alpha value is -5.07.